The minimum absolute atomic E-state index is 0.621. The van der Waals surface area contributed by atoms with Gasteiger partial charge in [-0.05, 0) is 51.4 Å². The Balaban J connectivity index is 2.14. The van der Waals surface area contributed by atoms with Crippen LogP contribution in [0.15, 0.2) is 0 Å². The van der Waals surface area contributed by atoms with Gasteiger partial charge in [-0.2, -0.15) is 0 Å². The first-order valence-corrected chi connectivity index (χ1v) is 6.01. The Morgan fingerprint density at radius 2 is 2.00 bits per heavy atom. The fraction of sp³-hybridized carbons (Fsp3) is 1.00. The summed E-state index contributed by atoms with van der Waals surface area (Å²) in [7, 11) is 2.21. The Kier molecular flexibility index (Phi) is 4.39. The average Bonchev–Trinajstić information content (AvgIpc) is 2.12. The lowest BCUT2D eigenvalue weighted by Gasteiger charge is -2.46. The maximum Gasteiger partial charge on any atom is 0.00773 e. The SMILES string of the molecule is CCNC1CC(C)(CCN(C)CC)C1. The van der Waals surface area contributed by atoms with Crippen LogP contribution in [0.4, 0.5) is 0 Å². The number of hydrogen-bond donors (Lipinski definition) is 1. The van der Waals surface area contributed by atoms with Crippen LogP contribution < -0.4 is 5.32 Å². The van der Waals surface area contributed by atoms with Gasteiger partial charge >= 0.3 is 0 Å². The summed E-state index contributed by atoms with van der Waals surface area (Å²) in [6.07, 6.45) is 4.11. The molecule has 1 saturated carbocycles. The van der Waals surface area contributed by atoms with E-state index in [2.05, 4.69) is 38.0 Å². The summed E-state index contributed by atoms with van der Waals surface area (Å²) in [5.74, 6) is 0. The van der Waals surface area contributed by atoms with E-state index in [0.717, 1.165) is 12.6 Å². The summed E-state index contributed by atoms with van der Waals surface area (Å²) < 4.78 is 0. The van der Waals surface area contributed by atoms with Crippen molar-refractivity contribution >= 4 is 0 Å². The third-order valence-corrected chi connectivity index (χ3v) is 3.61. The second-order valence-corrected chi connectivity index (χ2v) is 5.12. The molecular formula is C12H26N2. The smallest absolute Gasteiger partial charge is 0.00773 e. The van der Waals surface area contributed by atoms with E-state index in [9.17, 15) is 0 Å². The van der Waals surface area contributed by atoms with Crippen molar-refractivity contribution in [3.63, 3.8) is 0 Å². The van der Waals surface area contributed by atoms with Gasteiger partial charge in [0, 0.05) is 6.04 Å². The maximum atomic E-state index is 3.53. The first-order valence-electron chi connectivity index (χ1n) is 6.01. The molecular weight excluding hydrogens is 172 g/mol. The molecule has 1 N–H and O–H groups in total. The molecule has 84 valence electrons. The van der Waals surface area contributed by atoms with E-state index in [1.165, 1.54) is 32.4 Å². The fourth-order valence-corrected chi connectivity index (χ4v) is 2.39. The Labute approximate surface area is 89.1 Å². The highest BCUT2D eigenvalue weighted by Crippen LogP contribution is 2.43. The molecule has 0 unspecified atom stereocenters. The van der Waals surface area contributed by atoms with Gasteiger partial charge in [-0.1, -0.05) is 20.8 Å². The molecule has 0 amide bonds. The summed E-state index contributed by atoms with van der Waals surface area (Å²) in [4.78, 5) is 2.41. The van der Waals surface area contributed by atoms with Gasteiger partial charge in [0.2, 0.25) is 0 Å². The lowest BCUT2D eigenvalue weighted by atomic mass is 9.65. The predicted octanol–water partition coefficient (Wildman–Crippen LogP) is 2.11. The summed E-state index contributed by atoms with van der Waals surface area (Å²) >= 11 is 0. The molecule has 0 aliphatic heterocycles. The van der Waals surface area contributed by atoms with Crippen molar-refractivity contribution in [3.8, 4) is 0 Å². The first-order chi connectivity index (χ1) is 6.59. The van der Waals surface area contributed by atoms with E-state index in [1.54, 1.807) is 0 Å². The Morgan fingerprint density at radius 1 is 1.36 bits per heavy atom. The van der Waals surface area contributed by atoms with Crippen molar-refractivity contribution in [1.29, 1.82) is 0 Å². The minimum atomic E-state index is 0.621. The number of nitrogens with one attached hydrogen (secondary N) is 1. The highest BCUT2D eigenvalue weighted by atomic mass is 15.1. The Bertz CT molecular complexity index is 162. The minimum Gasteiger partial charge on any atom is -0.314 e. The Morgan fingerprint density at radius 3 is 2.50 bits per heavy atom. The molecule has 1 rings (SSSR count). The second kappa shape index (κ2) is 5.13. The molecule has 1 fully saturated rings. The average molecular weight is 198 g/mol. The van der Waals surface area contributed by atoms with Gasteiger partial charge in [-0.25, -0.2) is 0 Å². The molecule has 1 aliphatic rings. The van der Waals surface area contributed by atoms with Crippen LogP contribution in [0.1, 0.15) is 40.0 Å². The fourth-order valence-electron chi connectivity index (χ4n) is 2.39. The Hall–Kier alpha value is -0.0800. The normalized spacial score (nSPS) is 31.9. The number of hydrogen-bond acceptors (Lipinski definition) is 2. The zero-order valence-electron chi connectivity index (χ0n) is 10.3. The zero-order valence-corrected chi connectivity index (χ0v) is 10.3. The molecule has 0 aromatic carbocycles. The molecule has 0 atom stereocenters. The molecule has 0 saturated heterocycles. The van der Waals surface area contributed by atoms with Crippen LogP contribution in [0, 0.1) is 5.41 Å². The van der Waals surface area contributed by atoms with Crippen LogP contribution in [0.5, 0.6) is 0 Å². The molecule has 0 radical (unpaired) electrons. The van der Waals surface area contributed by atoms with Crippen molar-refractivity contribution in [2.24, 2.45) is 5.41 Å². The quantitative estimate of drug-likeness (QED) is 0.703. The van der Waals surface area contributed by atoms with E-state index < -0.39 is 0 Å². The van der Waals surface area contributed by atoms with Crippen LogP contribution in [0.2, 0.25) is 0 Å². The monoisotopic (exact) mass is 198 g/mol. The van der Waals surface area contributed by atoms with Gasteiger partial charge in [0.25, 0.3) is 0 Å². The number of rotatable bonds is 6. The standard InChI is InChI=1S/C12H26N2/c1-5-13-11-9-12(3,10-11)7-8-14(4)6-2/h11,13H,5-10H2,1-4H3. The molecule has 14 heavy (non-hydrogen) atoms. The molecule has 0 heterocycles. The largest absolute Gasteiger partial charge is 0.314 e. The van der Waals surface area contributed by atoms with E-state index in [1.807, 2.05) is 0 Å². The van der Waals surface area contributed by atoms with Gasteiger partial charge in [-0.15, -0.1) is 0 Å². The molecule has 0 aromatic heterocycles. The molecule has 0 aromatic rings. The highest BCUT2D eigenvalue weighted by molar-refractivity contribution is 4.94. The molecule has 0 spiro atoms. The topological polar surface area (TPSA) is 15.3 Å². The van der Waals surface area contributed by atoms with Crippen molar-refractivity contribution < 1.29 is 0 Å². The van der Waals surface area contributed by atoms with Crippen LogP contribution in [0.3, 0.4) is 0 Å². The summed E-state index contributed by atoms with van der Waals surface area (Å²) in [6.45, 7) is 10.4. The van der Waals surface area contributed by atoms with Gasteiger partial charge in [-0.3, -0.25) is 0 Å². The van der Waals surface area contributed by atoms with Gasteiger partial charge in [0.05, 0.1) is 0 Å². The predicted molar refractivity (Wildman–Crippen MR) is 62.6 cm³/mol. The van der Waals surface area contributed by atoms with Crippen LogP contribution in [-0.2, 0) is 0 Å². The molecule has 2 nitrogen and oxygen atoms in total. The molecule has 1 aliphatic carbocycles. The van der Waals surface area contributed by atoms with E-state index >= 15 is 0 Å². The van der Waals surface area contributed by atoms with Gasteiger partial charge in [0.1, 0.15) is 0 Å². The van der Waals surface area contributed by atoms with Crippen LogP contribution >= 0.6 is 0 Å². The van der Waals surface area contributed by atoms with Crippen LogP contribution in [-0.4, -0.2) is 37.6 Å². The lowest BCUT2D eigenvalue weighted by Crippen LogP contribution is -2.48. The van der Waals surface area contributed by atoms with E-state index in [0.29, 0.717) is 5.41 Å². The third kappa shape index (κ3) is 3.25. The highest BCUT2D eigenvalue weighted by Gasteiger charge is 2.39. The zero-order chi connectivity index (χ0) is 10.6. The first kappa shape index (κ1) is 12.0. The van der Waals surface area contributed by atoms with Crippen molar-refractivity contribution in [2.45, 2.75) is 46.1 Å². The van der Waals surface area contributed by atoms with Crippen molar-refractivity contribution in [3.05, 3.63) is 0 Å². The van der Waals surface area contributed by atoms with Crippen molar-refractivity contribution in [1.82, 2.24) is 10.2 Å². The van der Waals surface area contributed by atoms with E-state index in [4.69, 9.17) is 0 Å². The number of nitrogens with zero attached hydrogens (tertiary/aromatic N) is 1. The summed E-state index contributed by atoms with van der Waals surface area (Å²) in [6, 6.07) is 0.803. The third-order valence-electron chi connectivity index (χ3n) is 3.61. The second-order valence-electron chi connectivity index (χ2n) is 5.12. The van der Waals surface area contributed by atoms with Crippen molar-refractivity contribution in [2.75, 3.05) is 26.7 Å². The van der Waals surface area contributed by atoms with Gasteiger partial charge < -0.3 is 10.2 Å². The van der Waals surface area contributed by atoms with Gasteiger partial charge in [0.15, 0.2) is 0 Å². The van der Waals surface area contributed by atoms with Crippen LogP contribution in [0.25, 0.3) is 0 Å². The summed E-state index contributed by atoms with van der Waals surface area (Å²) in [5.41, 5.74) is 0.621. The lowest BCUT2D eigenvalue weighted by molar-refractivity contribution is 0.0820. The molecule has 2 heteroatoms. The summed E-state index contributed by atoms with van der Waals surface area (Å²) in [5, 5.41) is 3.53. The maximum absolute atomic E-state index is 3.53. The van der Waals surface area contributed by atoms with E-state index in [-0.39, 0.29) is 0 Å². The molecule has 0 bridgehead atoms.